The van der Waals surface area contributed by atoms with Crippen molar-refractivity contribution in [2.24, 2.45) is 0 Å². The number of para-hydroxylation sites is 1. The molecule has 0 aliphatic heterocycles. The van der Waals surface area contributed by atoms with E-state index in [1.54, 1.807) is 24.3 Å². The van der Waals surface area contributed by atoms with Gasteiger partial charge >= 0.3 is 5.97 Å². The fourth-order valence-corrected chi connectivity index (χ4v) is 3.93. The molecule has 0 bridgehead atoms. The summed E-state index contributed by atoms with van der Waals surface area (Å²) in [4.78, 5) is 15.9. The summed E-state index contributed by atoms with van der Waals surface area (Å²) in [5.41, 5.74) is 2.14. The van der Waals surface area contributed by atoms with Gasteiger partial charge in [0.25, 0.3) is 0 Å². The molecule has 0 fully saturated rings. The van der Waals surface area contributed by atoms with E-state index in [9.17, 15) is 13.6 Å². The lowest BCUT2D eigenvalue weighted by atomic mass is 10.1. The van der Waals surface area contributed by atoms with Crippen LogP contribution in [0.3, 0.4) is 0 Å². The number of rotatable bonds is 6. The molecule has 1 N–H and O–H groups in total. The number of hydrogen-bond donors (Lipinski definition) is 1. The van der Waals surface area contributed by atoms with Gasteiger partial charge < -0.3 is 4.74 Å². The van der Waals surface area contributed by atoms with E-state index in [1.165, 1.54) is 22.8 Å². The van der Waals surface area contributed by atoms with Gasteiger partial charge in [-0.2, -0.15) is 4.31 Å². The van der Waals surface area contributed by atoms with Crippen molar-refractivity contribution in [1.82, 2.24) is 9.29 Å². The summed E-state index contributed by atoms with van der Waals surface area (Å²) in [7, 11) is 1.32. The van der Waals surface area contributed by atoms with Gasteiger partial charge in [-0.25, -0.2) is 14.0 Å². The van der Waals surface area contributed by atoms with Crippen LogP contribution in [0.15, 0.2) is 48.5 Å². The molecular weight excluding hydrogens is 360 g/mol. The van der Waals surface area contributed by atoms with Crippen LogP contribution in [0.4, 0.5) is 0 Å². The molecule has 1 aromatic heterocycles. The molecule has 0 spiro atoms. The Morgan fingerprint density at radius 1 is 1.20 bits per heavy atom. The smallest absolute Gasteiger partial charge is 0.337 e. The number of methoxy groups -OCH3 is 1. The third-order valence-electron chi connectivity index (χ3n) is 3.60. The van der Waals surface area contributed by atoms with Crippen LogP contribution in [-0.2, 0) is 29.1 Å². The van der Waals surface area contributed by atoms with Crippen molar-refractivity contribution < 1.29 is 18.3 Å². The molecule has 3 aromatic rings. The lowest BCUT2D eigenvalue weighted by Crippen LogP contribution is -2.24. The average molecular weight is 376 g/mol. The van der Waals surface area contributed by atoms with Crippen molar-refractivity contribution in [2.45, 2.75) is 13.1 Å². The van der Waals surface area contributed by atoms with Gasteiger partial charge in [0.15, 0.2) is 0 Å². The second-order valence-electron chi connectivity index (χ2n) is 5.29. The van der Waals surface area contributed by atoms with Gasteiger partial charge in [0.1, 0.15) is 5.01 Å². The number of fused-ring (bicyclic) bond motifs is 1. The Morgan fingerprint density at radius 3 is 2.56 bits per heavy atom. The van der Waals surface area contributed by atoms with Gasteiger partial charge in [-0.15, -0.1) is 11.3 Å². The molecule has 0 saturated carbocycles. The molecule has 25 heavy (non-hydrogen) atoms. The first kappa shape index (κ1) is 17.7. The second kappa shape index (κ2) is 7.83. The Labute approximate surface area is 151 Å². The van der Waals surface area contributed by atoms with Crippen molar-refractivity contribution in [2.75, 3.05) is 7.11 Å². The van der Waals surface area contributed by atoms with Gasteiger partial charge in [0, 0.05) is 6.54 Å². The van der Waals surface area contributed by atoms with Crippen LogP contribution in [0, 0.1) is 0 Å². The Balaban J connectivity index is 1.75. The normalized spacial score (nSPS) is 12.4. The lowest BCUT2D eigenvalue weighted by Gasteiger charge is -2.16. The first-order valence-electron chi connectivity index (χ1n) is 7.44. The third-order valence-corrected chi connectivity index (χ3v) is 5.33. The third kappa shape index (κ3) is 4.29. The standard InChI is InChI=1S/C17H16N2O4S2/c1-23-17(20)13-8-6-12(7-9-13)10-19(25(21)22)11-16-18-14-4-2-3-5-15(14)24-16/h2-9H,10-11H2,1H3,(H,21,22). The summed E-state index contributed by atoms with van der Waals surface area (Å²) in [5, 5.41) is 0.773. The van der Waals surface area contributed by atoms with E-state index in [2.05, 4.69) is 9.72 Å². The predicted octanol–water partition coefficient (Wildman–Crippen LogP) is 3.22. The van der Waals surface area contributed by atoms with Gasteiger partial charge in [-0.05, 0) is 29.8 Å². The summed E-state index contributed by atoms with van der Waals surface area (Å²) in [6, 6.07) is 14.5. The number of carbonyl (C=O) groups is 1. The Bertz CT molecular complexity index is 875. The maximum atomic E-state index is 11.7. The molecule has 1 atom stereocenters. The number of esters is 1. The maximum absolute atomic E-state index is 11.7. The van der Waals surface area contributed by atoms with Crippen molar-refractivity contribution in [1.29, 1.82) is 0 Å². The summed E-state index contributed by atoms with van der Waals surface area (Å²) in [6.45, 7) is 0.529. The van der Waals surface area contributed by atoms with Gasteiger partial charge in [-0.3, -0.25) is 4.55 Å². The summed E-state index contributed by atoms with van der Waals surface area (Å²) >= 11 is -0.630. The second-order valence-corrected chi connectivity index (χ2v) is 7.39. The number of benzene rings is 2. The molecule has 2 aromatic carbocycles. The SMILES string of the molecule is COC(=O)c1ccc(CN(Cc2nc3ccccc3s2)S(=O)O)cc1. The van der Waals surface area contributed by atoms with E-state index < -0.39 is 17.2 Å². The fraction of sp³-hybridized carbons (Fsp3) is 0.176. The van der Waals surface area contributed by atoms with Gasteiger partial charge in [0.2, 0.25) is 11.3 Å². The molecule has 130 valence electrons. The van der Waals surface area contributed by atoms with E-state index in [0.29, 0.717) is 5.56 Å². The first-order chi connectivity index (χ1) is 12.1. The predicted molar refractivity (Wildman–Crippen MR) is 97.4 cm³/mol. The number of ether oxygens (including phenoxy) is 1. The van der Waals surface area contributed by atoms with E-state index in [1.807, 2.05) is 24.3 Å². The van der Waals surface area contributed by atoms with Crippen molar-refractivity contribution in [3.05, 3.63) is 64.7 Å². The van der Waals surface area contributed by atoms with Crippen LogP contribution in [0.5, 0.6) is 0 Å². The fourth-order valence-electron chi connectivity index (χ4n) is 2.37. The van der Waals surface area contributed by atoms with Crippen LogP contribution in [0.25, 0.3) is 10.2 Å². The number of carbonyl (C=O) groups excluding carboxylic acids is 1. The van der Waals surface area contributed by atoms with E-state index in [-0.39, 0.29) is 13.1 Å². The van der Waals surface area contributed by atoms with Crippen LogP contribution in [0.1, 0.15) is 20.9 Å². The minimum atomic E-state index is -2.13. The monoisotopic (exact) mass is 376 g/mol. The van der Waals surface area contributed by atoms with Crippen molar-refractivity contribution >= 4 is 38.8 Å². The molecule has 1 heterocycles. The number of nitrogens with zero attached hydrogens (tertiary/aromatic N) is 2. The molecule has 0 aliphatic rings. The first-order valence-corrected chi connectivity index (χ1v) is 9.32. The molecule has 6 nitrogen and oxygen atoms in total. The summed E-state index contributed by atoms with van der Waals surface area (Å²) in [5.74, 6) is -0.413. The van der Waals surface area contributed by atoms with E-state index >= 15 is 0 Å². The minimum Gasteiger partial charge on any atom is -0.465 e. The zero-order valence-corrected chi connectivity index (χ0v) is 15.0. The zero-order chi connectivity index (χ0) is 17.8. The van der Waals surface area contributed by atoms with E-state index in [4.69, 9.17) is 0 Å². The van der Waals surface area contributed by atoms with Crippen LogP contribution >= 0.6 is 11.3 Å². The van der Waals surface area contributed by atoms with Gasteiger partial charge in [-0.1, -0.05) is 24.3 Å². The highest BCUT2D eigenvalue weighted by molar-refractivity contribution is 7.76. The number of aromatic nitrogens is 1. The highest BCUT2D eigenvalue weighted by atomic mass is 32.2. The molecular formula is C17H16N2O4S2. The topological polar surface area (TPSA) is 79.7 Å². The molecule has 0 radical (unpaired) electrons. The minimum absolute atomic E-state index is 0.264. The largest absolute Gasteiger partial charge is 0.465 e. The molecule has 3 rings (SSSR count). The summed E-state index contributed by atoms with van der Waals surface area (Å²) < 4.78 is 28.4. The number of thiazole rings is 1. The molecule has 0 aliphatic carbocycles. The van der Waals surface area contributed by atoms with Crippen LogP contribution < -0.4 is 0 Å². The van der Waals surface area contributed by atoms with E-state index in [0.717, 1.165) is 20.8 Å². The van der Waals surface area contributed by atoms with Crippen molar-refractivity contribution in [3.8, 4) is 0 Å². The van der Waals surface area contributed by atoms with Gasteiger partial charge in [0.05, 0.1) is 29.4 Å². The zero-order valence-electron chi connectivity index (χ0n) is 13.4. The number of hydrogen-bond acceptors (Lipinski definition) is 5. The summed E-state index contributed by atoms with van der Waals surface area (Å²) in [6.07, 6.45) is 0. The molecule has 0 amide bonds. The van der Waals surface area contributed by atoms with Crippen LogP contribution in [0.2, 0.25) is 0 Å². The van der Waals surface area contributed by atoms with Crippen molar-refractivity contribution in [3.63, 3.8) is 0 Å². The highest BCUT2D eigenvalue weighted by Crippen LogP contribution is 2.23. The molecule has 0 saturated heterocycles. The average Bonchev–Trinajstić information content (AvgIpc) is 3.03. The quantitative estimate of drug-likeness (QED) is 0.528. The maximum Gasteiger partial charge on any atom is 0.337 e. The molecule has 8 heteroatoms. The molecule has 1 unspecified atom stereocenters. The van der Waals surface area contributed by atoms with Crippen LogP contribution in [-0.4, -0.2) is 31.1 Å². The Kier molecular flexibility index (Phi) is 5.54. The Hall–Kier alpha value is -2.13. The Morgan fingerprint density at radius 2 is 1.92 bits per heavy atom. The highest BCUT2D eigenvalue weighted by Gasteiger charge is 2.16. The lowest BCUT2D eigenvalue weighted by molar-refractivity contribution is 0.0600.